The molecule has 250 valence electrons. The van der Waals surface area contributed by atoms with E-state index in [-0.39, 0.29) is 40.6 Å². The molecule has 5 nitrogen and oxygen atoms in total. The molecule has 46 heavy (non-hydrogen) atoms. The first-order chi connectivity index (χ1) is 21.6. The molecule has 0 N–H and O–H groups in total. The zero-order chi connectivity index (χ0) is 33.7. The first kappa shape index (κ1) is 35.8. The van der Waals surface area contributed by atoms with Crippen molar-refractivity contribution in [3.63, 3.8) is 0 Å². The van der Waals surface area contributed by atoms with Gasteiger partial charge in [0.25, 0.3) is 0 Å². The fourth-order valence-corrected chi connectivity index (χ4v) is 7.07. The predicted molar refractivity (Wildman–Crippen MR) is 185 cm³/mol. The van der Waals surface area contributed by atoms with Gasteiger partial charge in [-0.25, -0.2) is 8.78 Å². The maximum Gasteiger partial charge on any atom is 0.233 e. The Balaban J connectivity index is 1.50. The quantitative estimate of drug-likeness (QED) is 0.0711. The summed E-state index contributed by atoms with van der Waals surface area (Å²) in [7, 11) is 4.46. The van der Waals surface area contributed by atoms with E-state index in [2.05, 4.69) is 55.0 Å². The Morgan fingerprint density at radius 2 is 1.43 bits per heavy atom. The Bertz CT molecular complexity index is 1410. The van der Waals surface area contributed by atoms with E-state index in [4.69, 9.17) is 9.16 Å². The van der Waals surface area contributed by atoms with Crippen molar-refractivity contribution < 1.29 is 27.2 Å². The van der Waals surface area contributed by atoms with Crippen LogP contribution in [0, 0.1) is 17.6 Å². The van der Waals surface area contributed by atoms with Crippen molar-refractivity contribution >= 4 is 19.9 Å². The Kier molecular flexibility index (Phi) is 11.5. The van der Waals surface area contributed by atoms with Crippen LogP contribution in [0.2, 0.25) is 18.1 Å². The first-order valence-electron chi connectivity index (χ1n) is 16.6. The van der Waals surface area contributed by atoms with Crippen LogP contribution in [0.15, 0.2) is 72.8 Å². The predicted octanol–water partition coefficient (Wildman–Crippen LogP) is 9.47. The lowest BCUT2D eigenvalue weighted by atomic mass is 9.78. The van der Waals surface area contributed by atoms with E-state index in [1.165, 1.54) is 30.7 Å². The number of rotatable bonds is 15. The SMILES string of the molecule is CC(C)(C)[Si](C)(C)OC(CCC1C(=O)N(c2ccc(F)cc2)C1c1ccc(OCCCCC[N+](C)(C)C)cc1)c1ccc(F)cc1. The number of hydrogen-bond acceptors (Lipinski definition) is 3. The number of carbonyl (C=O) groups is 1. The highest BCUT2D eigenvalue weighted by molar-refractivity contribution is 6.74. The largest absolute Gasteiger partial charge is 0.494 e. The molecule has 1 fully saturated rings. The lowest BCUT2D eigenvalue weighted by Gasteiger charge is -2.48. The van der Waals surface area contributed by atoms with Crippen molar-refractivity contribution in [2.45, 2.75) is 83.2 Å². The summed E-state index contributed by atoms with van der Waals surface area (Å²) in [6.45, 7) is 12.8. The molecule has 3 unspecified atom stereocenters. The molecule has 0 saturated carbocycles. The Morgan fingerprint density at radius 3 is 2.00 bits per heavy atom. The molecule has 1 saturated heterocycles. The molecule has 1 amide bonds. The number of halogens is 2. The van der Waals surface area contributed by atoms with Gasteiger partial charge in [0.1, 0.15) is 17.4 Å². The number of ether oxygens (including phenoxy) is 1. The number of unbranched alkanes of at least 4 members (excludes halogenated alkanes) is 2. The van der Waals surface area contributed by atoms with Crippen LogP contribution >= 0.6 is 0 Å². The Morgan fingerprint density at radius 1 is 0.848 bits per heavy atom. The van der Waals surface area contributed by atoms with Gasteiger partial charge in [0.2, 0.25) is 5.91 Å². The maximum absolute atomic E-state index is 13.8. The topological polar surface area (TPSA) is 38.8 Å². The van der Waals surface area contributed by atoms with Crippen LogP contribution in [0.5, 0.6) is 5.75 Å². The summed E-state index contributed by atoms with van der Waals surface area (Å²) in [6.07, 6.45) is 4.27. The zero-order valence-corrected chi connectivity index (χ0v) is 30.0. The maximum atomic E-state index is 13.8. The molecule has 1 heterocycles. The zero-order valence-electron chi connectivity index (χ0n) is 29.0. The van der Waals surface area contributed by atoms with Gasteiger partial charge in [0.15, 0.2) is 8.32 Å². The van der Waals surface area contributed by atoms with E-state index in [0.29, 0.717) is 25.1 Å². The molecule has 3 atom stereocenters. The molecular weight excluding hydrogens is 599 g/mol. The molecule has 0 aliphatic carbocycles. The molecule has 0 bridgehead atoms. The summed E-state index contributed by atoms with van der Waals surface area (Å²) < 4.78 is 41.5. The van der Waals surface area contributed by atoms with Crippen LogP contribution in [0.25, 0.3) is 0 Å². The van der Waals surface area contributed by atoms with Crippen LogP contribution in [0.4, 0.5) is 14.5 Å². The van der Waals surface area contributed by atoms with Gasteiger partial charge in [-0.15, -0.1) is 0 Å². The van der Waals surface area contributed by atoms with Crippen molar-refractivity contribution in [1.82, 2.24) is 0 Å². The highest BCUT2D eigenvalue weighted by atomic mass is 28.4. The number of anilines is 1. The highest BCUT2D eigenvalue weighted by Crippen LogP contribution is 2.48. The molecule has 8 heteroatoms. The molecule has 1 aliphatic heterocycles. The number of nitrogens with zero attached hydrogens (tertiary/aromatic N) is 2. The van der Waals surface area contributed by atoms with E-state index < -0.39 is 8.32 Å². The smallest absolute Gasteiger partial charge is 0.233 e. The van der Waals surface area contributed by atoms with Gasteiger partial charge in [-0.1, -0.05) is 45.0 Å². The van der Waals surface area contributed by atoms with Crippen LogP contribution in [0.1, 0.15) is 76.1 Å². The van der Waals surface area contributed by atoms with Crippen LogP contribution in [-0.2, 0) is 9.22 Å². The number of carbonyl (C=O) groups excluding carboxylic acids is 1. The third-order valence-electron chi connectivity index (χ3n) is 9.51. The second-order valence-electron chi connectivity index (χ2n) is 15.2. The molecule has 0 radical (unpaired) electrons. The molecule has 1 aliphatic rings. The summed E-state index contributed by atoms with van der Waals surface area (Å²) in [5.74, 6) is -0.0787. The summed E-state index contributed by atoms with van der Waals surface area (Å²) >= 11 is 0. The minimum absolute atomic E-state index is 0.00493. The van der Waals surface area contributed by atoms with E-state index in [0.717, 1.165) is 40.7 Å². The number of quaternary nitrogens is 1. The average Bonchev–Trinajstić information content (AvgIpc) is 2.97. The summed E-state index contributed by atoms with van der Waals surface area (Å²) in [5.41, 5.74) is 2.60. The number of amides is 1. The normalized spacial score (nSPS) is 18.0. The summed E-state index contributed by atoms with van der Waals surface area (Å²) in [4.78, 5) is 15.5. The standard InChI is InChI=1S/C38H53F2N2O3Si/c1-38(2,3)46(7,8)45-35(28-12-16-30(39)17-13-28)25-24-34-36(41(37(34)43)32-20-18-31(40)19-21-32)29-14-22-33(23-15-29)44-27-11-9-10-26-42(4,5)6/h12-23,34-36H,9-11,24-27H2,1-8H3/q+1. The van der Waals surface area contributed by atoms with Gasteiger partial charge in [0.05, 0.1) is 52.4 Å². The number of β-lactam (4-membered cyclic amide) rings is 1. The van der Waals surface area contributed by atoms with E-state index >= 15 is 0 Å². The first-order valence-corrected chi connectivity index (χ1v) is 19.5. The van der Waals surface area contributed by atoms with Crippen molar-refractivity contribution in [1.29, 1.82) is 0 Å². The van der Waals surface area contributed by atoms with E-state index in [1.54, 1.807) is 29.2 Å². The molecule has 4 rings (SSSR count). The van der Waals surface area contributed by atoms with Gasteiger partial charge in [-0.05, 0) is 110 Å². The highest BCUT2D eigenvalue weighted by Gasteiger charge is 2.49. The van der Waals surface area contributed by atoms with Gasteiger partial charge >= 0.3 is 0 Å². The van der Waals surface area contributed by atoms with Crippen LogP contribution in [-0.4, -0.2) is 53.0 Å². The van der Waals surface area contributed by atoms with Crippen molar-refractivity contribution in [2.24, 2.45) is 5.92 Å². The lowest BCUT2D eigenvalue weighted by Crippen LogP contribution is -2.55. The molecular formula is C38H53F2N2O3Si+. The molecule has 0 aromatic heterocycles. The monoisotopic (exact) mass is 651 g/mol. The Hall–Kier alpha value is -3.07. The second-order valence-corrected chi connectivity index (χ2v) is 20.0. The third kappa shape index (κ3) is 9.26. The fourth-order valence-electron chi connectivity index (χ4n) is 5.75. The van der Waals surface area contributed by atoms with Gasteiger partial charge in [0, 0.05) is 5.69 Å². The lowest BCUT2D eigenvalue weighted by molar-refractivity contribution is -0.870. The summed E-state index contributed by atoms with van der Waals surface area (Å²) in [5, 5.41) is -0.00493. The summed E-state index contributed by atoms with van der Waals surface area (Å²) in [6, 6.07) is 20.5. The van der Waals surface area contributed by atoms with Crippen molar-refractivity contribution in [2.75, 3.05) is 39.2 Å². The molecule has 3 aromatic carbocycles. The molecule has 3 aromatic rings. The van der Waals surface area contributed by atoms with E-state index in [9.17, 15) is 13.6 Å². The Labute approximate surface area is 276 Å². The van der Waals surface area contributed by atoms with Crippen LogP contribution < -0.4 is 9.64 Å². The number of benzene rings is 3. The third-order valence-corrected chi connectivity index (χ3v) is 14.0. The molecule has 0 spiro atoms. The van der Waals surface area contributed by atoms with Crippen LogP contribution in [0.3, 0.4) is 0 Å². The van der Waals surface area contributed by atoms with Gasteiger partial charge < -0.3 is 18.5 Å². The average molecular weight is 652 g/mol. The van der Waals surface area contributed by atoms with Crippen molar-refractivity contribution in [3.8, 4) is 5.75 Å². The van der Waals surface area contributed by atoms with Crippen molar-refractivity contribution in [3.05, 3.63) is 95.6 Å². The number of hydrogen-bond donors (Lipinski definition) is 0. The fraction of sp³-hybridized carbons (Fsp3) is 0.500. The van der Waals surface area contributed by atoms with Gasteiger partial charge in [-0.3, -0.25) is 4.79 Å². The minimum atomic E-state index is -2.17. The van der Waals surface area contributed by atoms with Gasteiger partial charge in [-0.2, -0.15) is 0 Å². The minimum Gasteiger partial charge on any atom is -0.494 e. The van der Waals surface area contributed by atoms with E-state index in [1.807, 2.05) is 24.3 Å². The second kappa shape index (κ2) is 14.8.